The highest BCUT2D eigenvalue weighted by molar-refractivity contribution is 5.46. The Labute approximate surface area is 177 Å². The number of unbranched alkanes of at least 4 members (excludes halogenated alkanes) is 1. The van der Waals surface area contributed by atoms with Crippen LogP contribution in [0, 0.1) is 10.1 Å². The van der Waals surface area contributed by atoms with Crippen molar-refractivity contribution in [3.63, 3.8) is 0 Å². The van der Waals surface area contributed by atoms with E-state index in [0.717, 1.165) is 31.2 Å². The molecule has 0 aliphatic carbocycles. The van der Waals surface area contributed by atoms with Crippen molar-refractivity contribution in [3.8, 4) is 17.2 Å². The molecule has 0 amide bonds. The number of benzene rings is 3. The maximum atomic E-state index is 11.1. The van der Waals surface area contributed by atoms with E-state index in [0.29, 0.717) is 17.4 Å². The standard InChI is InChI=1S/C25H27NO4/c1-3-4-5-21-17-22(26(28)29)10-15-25(21)30-24-13-8-20(9-14-24)18(2)16-19-6-11-23(27)12-7-19/h6-15,17-18,27H,3-5,16H2,1-2H3. The van der Waals surface area contributed by atoms with E-state index >= 15 is 0 Å². The second kappa shape index (κ2) is 9.92. The molecule has 1 atom stereocenters. The molecule has 3 aromatic rings. The van der Waals surface area contributed by atoms with Gasteiger partial charge in [-0.15, -0.1) is 0 Å². The number of ether oxygens (including phenoxy) is 1. The molecule has 0 aromatic heterocycles. The third kappa shape index (κ3) is 5.60. The zero-order chi connectivity index (χ0) is 21.5. The predicted molar refractivity (Wildman–Crippen MR) is 118 cm³/mol. The minimum atomic E-state index is -0.372. The molecule has 0 aliphatic heterocycles. The largest absolute Gasteiger partial charge is 0.508 e. The first-order valence-corrected chi connectivity index (χ1v) is 10.3. The number of phenols is 1. The van der Waals surface area contributed by atoms with Crippen LogP contribution in [0.3, 0.4) is 0 Å². The lowest BCUT2D eigenvalue weighted by Gasteiger charge is -2.14. The van der Waals surface area contributed by atoms with Crippen LogP contribution < -0.4 is 4.74 Å². The predicted octanol–water partition coefficient (Wildman–Crippen LogP) is 6.78. The molecule has 0 saturated carbocycles. The first-order valence-electron chi connectivity index (χ1n) is 10.3. The minimum absolute atomic E-state index is 0.0897. The molecule has 0 aliphatic rings. The van der Waals surface area contributed by atoms with E-state index in [9.17, 15) is 15.2 Å². The molecule has 1 N–H and O–H groups in total. The molecule has 5 nitrogen and oxygen atoms in total. The summed E-state index contributed by atoms with van der Waals surface area (Å²) in [7, 11) is 0. The van der Waals surface area contributed by atoms with Gasteiger partial charge >= 0.3 is 0 Å². The lowest BCUT2D eigenvalue weighted by Crippen LogP contribution is -1.99. The van der Waals surface area contributed by atoms with Crippen LogP contribution in [0.15, 0.2) is 66.7 Å². The average Bonchev–Trinajstić information content (AvgIpc) is 2.75. The van der Waals surface area contributed by atoms with Crippen LogP contribution in [0.5, 0.6) is 17.2 Å². The van der Waals surface area contributed by atoms with Gasteiger partial charge in [0.15, 0.2) is 0 Å². The van der Waals surface area contributed by atoms with Crippen LogP contribution in [-0.4, -0.2) is 10.0 Å². The average molecular weight is 405 g/mol. The molecular weight excluding hydrogens is 378 g/mol. The zero-order valence-electron chi connectivity index (χ0n) is 17.4. The quantitative estimate of drug-likeness (QED) is 0.314. The third-order valence-corrected chi connectivity index (χ3v) is 5.21. The Morgan fingerprint density at radius 1 is 1.03 bits per heavy atom. The van der Waals surface area contributed by atoms with Crippen LogP contribution >= 0.6 is 0 Å². The van der Waals surface area contributed by atoms with Crippen LogP contribution in [0.2, 0.25) is 0 Å². The van der Waals surface area contributed by atoms with E-state index in [2.05, 4.69) is 26.0 Å². The zero-order valence-corrected chi connectivity index (χ0v) is 17.4. The van der Waals surface area contributed by atoms with Gasteiger partial charge in [0.25, 0.3) is 5.69 Å². The number of nitro benzene ring substituents is 1. The first kappa shape index (κ1) is 21.4. The summed E-state index contributed by atoms with van der Waals surface area (Å²) in [5.74, 6) is 1.97. The number of hydrogen-bond donors (Lipinski definition) is 1. The van der Waals surface area contributed by atoms with Crippen molar-refractivity contribution in [2.75, 3.05) is 0 Å². The molecule has 30 heavy (non-hydrogen) atoms. The summed E-state index contributed by atoms with van der Waals surface area (Å²) < 4.78 is 6.06. The summed E-state index contributed by atoms with van der Waals surface area (Å²) in [5.41, 5.74) is 3.32. The van der Waals surface area contributed by atoms with E-state index in [-0.39, 0.29) is 16.4 Å². The maximum Gasteiger partial charge on any atom is 0.269 e. The summed E-state index contributed by atoms with van der Waals surface area (Å²) in [6.07, 6.45) is 3.58. The van der Waals surface area contributed by atoms with Crippen molar-refractivity contribution in [1.82, 2.24) is 0 Å². The second-order valence-corrected chi connectivity index (χ2v) is 7.60. The molecule has 0 spiro atoms. The van der Waals surface area contributed by atoms with Gasteiger partial charge in [-0.3, -0.25) is 10.1 Å². The van der Waals surface area contributed by atoms with Gasteiger partial charge in [-0.2, -0.15) is 0 Å². The smallest absolute Gasteiger partial charge is 0.269 e. The molecule has 0 saturated heterocycles. The van der Waals surface area contributed by atoms with Gasteiger partial charge < -0.3 is 9.84 Å². The van der Waals surface area contributed by atoms with Crippen molar-refractivity contribution in [2.24, 2.45) is 0 Å². The number of non-ortho nitro benzene ring substituents is 1. The molecular formula is C25H27NO4. The molecule has 156 valence electrons. The Morgan fingerprint density at radius 3 is 2.37 bits per heavy atom. The number of hydrogen-bond acceptors (Lipinski definition) is 4. The Balaban J connectivity index is 1.71. The monoisotopic (exact) mass is 405 g/mol. The van der Waals surface area contributed by atoms with E-state index in [1.54, 1.807) is 24.3 Å². The SMILES string of the molecule is CCCCc1cc([N+](=O)[O-])ccc1Oc1ccc(C(C)Cc2ccc(O)cc2)cc1. The fourth-order valence-corrected chi connectivity index (χ4v) is 3.44. The number of phenolic OH excluding ortho intramolecular Hbond substituents is 1. The molecule has 3 aromatic carbocycles. The van der Waals surface area contributed by atoms with Crippen molar-refractivity contribution < 1.29 is 14.8 Å². The van der Waals surface area contributed by atoms with Crippen molar-refractivity contribution in [3.05, 3.63) is 93.5 Å². The summed E-state index contributed by atoms with van der Waals surface area (Å²) in [6, 6.07) is 20.1. The van der Waals surface area contributed by atoms with E-state index in [4.69, 9.17) is 4.74 Å². The van der Waals surface area contributed by atoms with Gasteiger partial charge in [0.1, 0.15) is 17.2 Å². The van der Waals surface area contributed by atoms with Gasteiger partial charge in [0, 0.05) is 17.7 Å². The van der Waals surface area contributed by atoms with Crippen molar-refractivity contribution in [1.29, 1.82) is 0 Å². The third-order valence-electron chi connectivity index (χ3n) is 5.21. The normalized spacial score (nSPS) is 11.8. The van der Waals surface area contributed by atoms with Gasteiger partial charge in [-0.25, -0.2) is 0 Å². The molecule has 0 radical (unpaired) electrons. The second-order valence-electron chi connectivity index (χ2n) is 7.60. The van der Waals surface area contributed by atoms with Gasteiger partial charge in [0.2, 0.25) is 0 Å². The summed E-state index contributed by atoms with van der Waals surface area (Å²) >= 11 is 0. The minimum Gasteiger partial charge on any atom is -0.508 e. The Bertz CT molecular complexity index is 981. The molecule has 1 unspecified atom stereocenters. The Hall–Kier alpha value is -3.34. The van der Waals surface area contributed by atoms with Gasteiger partial charge in [0.05, 0.1) is 4.92 Å². The van der Waals surface area contributed by atoms with E-state index < -0.39 is 0 Å². The maximum absolute atomic E-state index is 11.1. The molecule has 0 heterocycles. The lowest BCUT2D eigenvalue weighted by atomic mass is 9.94. The van der Waals surface area contributed by atoms with Crippen molar-refractivity contribution in [2.45, 2.75) is 45.4 Å². The van der Waals surface area contributed by atoms with Gasteiger partial charge in [-0.05, 0) is 66.6 Å². The number of aromatic hydroxyl groups is 1. The van der Waals surface area contributed by atoms with Crippen molar-refractivity contribution >= 4 is 5.69 Å². The fraction of sp³-hybridized carbons (Fsp3) is 0.280. The first-order chi connectivity index (χ1) is 14.5. The summed E-state index contributed by atoms with van der Waals surface area (Å²) in [5, 5.41) is 20.5. The highest BCUT2D eigenvalue weighted by Crippen LogP contribution is 2.31. The highest BCUT2D eigenvalue weighted by Gasteiger charge is 2.13. The van der Waals surface area contributed by atoms with Crippen LogP contribution in [0.4, 0.5) is 5.69 Å². The van der Waals surface area contributed by atoms with Crippen LogP contribution in [0.25, 0.3) is 0 Å². The van der Waals surface area contributed by atoms with Crippen LogP contribution in [0.1, 0.15) is 49.3 Å². The Morgan fingerprint density at radius 2 is 1.73 bits per heavy atom. The highest BCUT2D eigenvalue weighted by atomic mass is 16.6. The van der Waals surface area contributed by atoms with E-state index in [1.165, 1.54) is 17.2 Å². The van der Waals surface area contributed by atoms with Gasteiger partial charge in [-0.1, -0.05) is 44.5 Å². The Kier molecular flexibility index (Phi) is 7.07. The number of nitrogens with zero attached hydrogens (tertiary/aromatic N) is 1. The van der Waals surface area contributed by atoms with Crippen LogP contribution in [-0.2, 0) is 12.8 Å². The molecule has 5 heteroatoms. The number of rotatable bonds is 9. The topological polar surface area (TPSA) is 72.6 Å². The van der Waals surface area contributed by atoms with E-state index in [1.807, 2.05) is 24.3 Å². The molecule has 0 fully saturated rings. The number of aryl methyl sites for hydroxylation is 1. The summed E-state index contributed by atoms with van der Waals surface area (Å²) in [4.78, 5) is 10.7. The fourth-order valence-electron chi connectivity index (χ4n) is 3.44. The summed E-state index contributed by atoms with van der Waals surface area (Å²) in [6.45, 7) is 4.26. The molecule has 0 bridgehead atoms. The lowest BCUT2D eigenvalue weighted by molar-refractivity contribution is -0.384. The molecule has 3 rings (SSSR count). The number of nitro groups is 1.